The van der Waals surface area contributed by atoms with E-state index in [1.54, 1.807) is 29.1 Å². The van der Waals surface area contributed by atoms with E-state index < -0.39 is 6.67 Å². The second kappa shape index (κ2) is 6.69. The third-order valence-electron chi connectivity index (χ3n) is 3.02. The lowest BCUT2D eigenvalue weighted by atomic mass is 10.3. The maximum Gasteiger partial charge on any atom is 0.173 e. The van der Waals surface area contributed by atoms with E-state index in [0.717, 1.165) is 0 Å². The molecule has 5 nitrogen and oxygen atoms in total. The van der Waals surface area contributed by atoms with Gasteiger partial charge in [0.05, 0.1) is 18.0 Å². The van der Waals surface area contributed by atoms with Gasteiger partial charge in [-0.1, -0.05) is 17.8 Å². The zero-order valence-corrected chi connectivity index (χ0v) is 12.4. The lowest BCUT2D eigenvalue weighted by Crippen LogP contribution is -2.06. The van der Waals surface area contributed by atoms with Crippen molar-refractivity contribution in [1.29, 1.82) is 0 Å². The van der Waals surface area contributed by atoms with E-state index in [9.17, 15) is 8.78 Å². The van der Waals surface area contributed by atoms with E-state index in [4.69, 9.17) is 0 Å². The Morgan fingerprint density at radius 2 is 2.14 bits per heavy atom. The summed E-state index contributed by atoms with van der Waals surface area (Å²) in [5, 5.41) is 4.68. The molecule has 0 radical (unpaired) electrons. The lowest BCUT2D eigenvalue weighted by Gasteiger charge is -2.08. The Hall–Kier alpha value is -2.22. The summed E-state index contributed by atoms with van der Waals surface area (Å²) < 4.78 is 29.1. The minimum atomic E-state index is -0.487. The second-order valence-electron chi connectivity index (χ2n) is 4.44. The van der Waals surface area contributed by atoms with Crippen LogP contribution in [0.5, 0.6) is 0 Å². The van der Waals surface area contributed by atoms with Crippen molar-refractivity contribution >= 4 is 11.8 Å². The molecule has 0 spiro atoms. The number of rotatable bonds is 6. The number of hydrogen-bond donors (Lipinski definition) is 0. The van der Waals surface area contributed by atoms with Crippen molar-refractivity contribution in [3.63, 3.8) is 0 Å². The van der Waals surface area contributed by atoms with E-state index in [-0.39, 0.29) is 12.4 Å². The highest BCUT2D eigenvalue weighted by molar-refractivity contribution is 7.98. The minimum absolute atomic E-state index is 0.189. The highest BCUT2D eigenvalue weighted by Gasteiger charge is 2.10. The third-order valence-corrected chi connectivity index (χ3v) is 3.98. The first-order chi connectivity index (χ1) is 10.8. The summed E-state index contributed by atoms with van der Waals surface area (Å²) in [6.07, 6.45) is 4.83. The first-order valence-corrected chi connectivity index (χ1v) is 7.61. The zero-order valence-electron chi connectivity index (χ0n) is 11.6. The minimum Gasteiger partial charge on any atom is -0.295 e. The predicted octanol–water partition coefficient (Wildman–Crippen LogP) is 2.86. The SMILES string of the molecule is FCCn1ncnc1CSc1nccn1-c1cccc(F)c1. The molecule has 22 heavy (non-hydrogen) atoms. The second-order valence-corrected chi connectivity index (χ2v) is 5.38. The Kier molecular flexibility index (Phi) is 4.47. The molecule has 0 saturated heterocycles. The van der Waals surface area contributed by atoms with E-state index in [1.807, 2.05) is 0 Å². The molecule has 114 valence electrons. The predicted molar refractivity (Wildman–Crippen MR) is 79.1 cm³/mol. The van der Waals surface area contributed by atoms with Crippen LogP contribution >= 0.6 is 11.8 Å². The maximum absolute atomic E-state index is 13.3. The van der Waals surface area contributed by atoms with Crippen molar-refractivity contribution in [3.05, 3.63) is 54.6 Å². The van der Waals surface area contributed by atoms with Crippen molar-refractivity contribution in [3.8, 4) is 5.69 Å². The quantitative estimate of drug-likeness (QED) is 0.655. The summed E-state index contributed by atoms with van der Waals surface area (Å²) in [5.41, 5.74) is 0.699. The highest BCUT2D eigenvalue weighted by atomic mass is 32.2. The smallest absolute Gasteiger partial charge is 0.173 e. The van der Waals surface area contributed by atoms with Gasteiger partial charge in [0.25, 0.3) is 0 Å². The molecule has 8 heteroatoms. The van der Waals surface area contributed by atoms with Gasteiger partial charge >= 0.3 is 0 Å². The highest BCUT2D eigenvalue weighted by Crippen LogP contribution is 2.23. The van der Waals surface area contributed by atoms with Crippen LogP contribution in [0.3, 0.4) is 0 Å². The monoisotopic (exact) mass is 321 g/mol. The van der Waals surface area contributed by atoms with Crippen LogP contribution in [0.15, 0.2) is 48.1 Å². The molecule has 0 fully saturated rings. The number of thioether (sulfide) groups is 1. The molecule has 0 N–H and O–H groups in total. The first kappa shape index (κ1) is 14.7. The first-order valence-electron chi connectivity index (χ1n) is 6.62. The molecule has 0 aliphatic rings. The molecule has 0 amide bonds. The van der Waals surface area contributed by atoms with E-state index >= 15 is 0 Å². The van der Waals surface area contributed by atoms with Gasteiger partial charge in [-0.2, -0.15) is 5.10 Å². The van der Waals surface area contributed by atoms with Crippen LogP contribution in [-0.2, 0) is 12.3 Å². The van der Waals surface area contributed by atoms with Gasteiger partial charge in [-0.05, 0) is 18.2 Å². The van der Waals surface area contributed by atoms with Crippen molar-refractivity contribution in [2.24, 2.45) is 0 Å². The summed E-state index contributed by atoms with van der Waals surface area (Å²) in [6, 6.07) is 6.29. The molecular formula is C14H13F2N5S. The molecular weight excluding hydrogens is 308 g/mol. The van der Waals surface area contributed by atoms with Gasteiger partial charge < -0.3 is 0 Å². The van der Waals surface area contributed by atoms with Crippen molar-refractivity contribution in [2.75, 3.05) is 6.67 Å². The number of aryl methyl sites for hydroxylation is 1. The van der Waals surface area contributed by atoms with Gasteiger partial charge in [-0.15, -0.1) is 0 Å². The van der Waals surface area contributed by atoms with Crippen LogP contribution in [0.4, 0.5) is 8.78 Å². The molecule has 0 aliphatic carbocycles. The summed E-state index contributed by atoms with van der Waals surface area (Å²) in [6.45, 7) is -0.298. The van der Waals surface area contributed by atoms with Crippen molar-refractivity contribution < 1.29 is 8.78 Å². The number of alkyl halides is 1. The van der Waals surface area contributed by atoms with E-state index in [1.165, 1.54) is 34.9 Å². The average molecular weight is 321 g/mol. The van der Waals surface area contributed by atoms with Gasteiger partial charge in [-0.25, -0.2) is 23.4 Å². The van der Waals surface area contributed by atoms with Crippen molar-refractivity contribution in [1.82, 2.24) is 24.3 Å². The molecule has 3 rings (SSSR count). The van der Waals surface area contributed by atoms with Gasteiger partial charge in [0, 0.05) is 12.4 Å². The van der Waals surface area contributed by atoms with Crippen LogP contribution in [0.2, 0.25) is 0 Å². The summed E-state index contributed by atoms with van der Waals surface area (Å²) >= 11 is 1.44. The fraction of sp³-hybridized carbons (Fsp3) is 0.214. The molecule has 2 aromatic heterocycles. The summed E-state index contributed by atoms with van der Waals surface area (Å²) in [5.74, 6) is 0.882. The number of hydrogen-bond acceptors (Lipinski definition) is 4. The van der Waals surface area contributed by atoms with Crippen LogP contribution in [0.25, 0.3) is 5.69 Å². The van der Waals surface area contributed by atoms with Gasteiger partial charge in [0.15, 0.2) is 5.16 Å². The normalized spacial score (nSPS) is 11.0. The van der Waals surface area contributed by atoms with E-state index in [0.29, 0.717) is 22.4 Å². The van der Waals surface area contributed by atoms with Crippen LogP contribution < -0.4 is 0 Å². The Balaban J connectivity index is 1.77. The standard InChI is InChI=1S/C14H13F2N5S/c15-4-6-21-13(18-10-19-21)9-22-14-17-5-7-20(14)12-3-1-2-11(16)8-12/h1-3,5,7-8,10H,4,6,9H2. The topological polar surface area (TPSA) is 48.5 Å². The Bertz CT molecular complexity index is 755. The number of halogens is 2. The van der Waals surface area contributed by atoms with Gasteiger partial charge in [0.2, 0.25) is 0 Å². The van der Waals surface area contributed by atoms with Gasteiger partial charge in [-0.3, -0.25) is 4.57 Å². The third kappa shape index (κ3) is 3.16. The number of aromatic nitrogens is 5. The maximum atomic E-state index is 13.3. The number of benzene rings is 1. The van der Waals surface area contributed by atoms with Crippen molar-refractivity contribution in [2.45, 2.75) is 17.5 Å². The van der Waals surface area contributed by atoms with Gasteiger partial charge in [0.1, 0.15) is 24.6 Å². The molecule has 2 heterocycles. The summed E-state index contributed by atoms with van der Waals surface area (Å²) in [4.78, 5) is 8.39. The molecule has 1 aromatic carbocycles. The number of imidazole rings is 1. The summed E-state index contributed by atoms with van der Waals surface area (Å²) in [7, 11) is 0. The van der Waals surface area contributed by atoms with Crippen LogP contribution in [-0.4, -0.2) is 31.0 Å². The molecule has 0 atom stereocenters. The van der Waals surface area contributed by atoms with Crippen LogP contribution in [0.1, 0.15) is 5.82 Å². The van der Waals surface area contributed by atoms with Crippen LogP contribution in [0, 0.1) is 5.82 Å². The zero-order chi connectivity index (χ0) is 15.4. The average Bonchev–Trinajstić information content (AvgIpc) is 3.14. The fourth-order valence-corrected chi connectivity index (χ4v) is 2.94. The molecule has 3 aromatic rings. The fourth-order valence-electron chi connectivity index (χ4n) is 2.01. The number of nitrogens with zero attached hydrogens (tertiary/aromatic N) is 5. The lowest BCUT2D eigenvalue weighted by molar-refractivity contribution is 0.421. The molecule has 0 saturated carbocycles. The molecule has 0 aliphatic heterocycles. The Morgan fingerprint density at radius 3 is 2.95 bits per heavy atom. The largest absolute Gasteiger partial charge is 0.295 e. The Labute approximate surface area is 130 Å². The van der Waals surface area contributed by atoms with E-state index in [2.05, 4.69) is 15.1 Å². The molecule has 0 bridgehead atoms. The molecule has 0 unspecified atom stereocenters. The Morgan fingerprint density at radius 1 is 1.23 bits per heavy atom.